The third-order valence-electron chi connectivity index (χ3n) is 5.27. The van der Waals surface area contributed by atoms with Gasteiger partial charge in [0, 0.05) is 5.56 Å². The SMILES string of the molecule is Cc1cc2c(o1)N(c1c(C)cc(C(C)(C)C)cc1C)c1ccccc1C=C2. The van der Waals surface area contributed by atoms with E-state index in [0.717, 1.165) is 22.9 Å². The lowest BCUT2D eigenvalue weighted by Gasteiger charge is -2.29. The predicted molar refractivity (Wildman–Crippen MR) is 115 cm³/mol. The zero-order valence-corrected chi connectivity index (χ0v) is 17.1. The van der Waals surface area contributed by atoms with Gasteiger partial charge in [-0.3, -0.25) is 4.90 Å². The highest BCUT2D eigenvalue weighted by atomic mass is 16.4. The molecule has 3 aromatic rings. The predicted octanol–water partition coefficient (Wildman–Crippen LogP) is 7.46. The number of para-hydroxylation sites is 1. The molecule has 0 unspecified atom stereocenters. The Bertz CT molecular complexity index is 1020. The molecule has 2 nitrogen and oxygen atoms in total. The molecule has 0 atom stereocenters. The highest BCUT2D eigenvalue weighted by molar-refractivity contribution is 5.92. The second-order valence-electron chi connectivity index (χ2n) is 8.55. The topological polar surface area (TPSA) is 16.4 Å². The fraction of sp³-hybridized carbons (Fsp3) is 0.280. The molecule has 0 fully saturated rings. The van der Waals surface area contributed by atoms with Crippen LogP contribution >= 0.6 is 0 Å². The zero-order chi connectivity index (χ0) is 19.3. The van der Waals surface area contributed by atoms with Gasteiger partial charge in [-0.25, -0.2) is 0 Å². The number of fused-ring (bicyclic) bond motifs is 2. The molecular formula is C25H27NO. The zero-order valence-electron chi connectivity index (χ0n) is 17.1. The molecule has 0 saturated carbocycles. The molecule has 27 heavy (non-hydrogen) atoms. The van der Waals surface area contributed by atoms with Gasteiger partial charge in [0.25, 0.3) is 0 Å². The van der Waals surface area contributed by atoms with E-state index < -0.39 is 0 Å². The maximum atomic E-state index is 6.19. The second kappa shape index (κ2) is 6.16. The first-order chi connectivity index (χ1) is 12.8. The van der Waals surface area contributed by atoms with Crippen LogP contribution < -0.4 is 4.90 Å². The van der Waals surface area contributed by atoms with Gasteiger partial charge in [0.1, 0.15) is 5.76 Å². The number of benzene rings is 2. The molecule has 0 saturated heterocycles. The van der Waals surface area contributed by atoms with Crippen molar-refractivity contribution < 1.29 is 4.42 Å². The first kappa shape index (κ1) is 17.7. The van der Waals surface area contributed by atoms with Crippen LogP contribution in [0.3, 0.4) is 0 Å². The Kier molecular flexibility index (Phi) is 4.03. The minimum Gasteiger partial charge on any atom is -0.444 e. The Labute approximate surface area is 162 Å². The van der Waals surface area contributed by atoms with Crippen molar-refractivity contribution in [2.45, 2.75) is 47.0 Å². The van der Waals surface area contributed by atoms with Crippen LogP contribution in [0.15, 0.2) is 46.9 Å². The monoisotopic (exact) mass is 357 g/mol. The fourth-order valence-electron chi connectivity index (χ4n) is 3.90. The van der Waals surface area contributed by atoms with E-state index in [1.807, 2.05) is 6.92 Å². The molecule has 2 heterocycles. The largest absolute Gasteiger partial charge is 0.444 e. The molecule has 1 aliphatic rings. The van der Waals surface area contributed by atoms with E-state index in [2.05, 4.69) is 94.1 Å². The maximum Gasteiger partial charge on any atom is 0.211 e. The molecule has 2 aromatic carbocycles. The Hall–Kier alpha value is -2.74. The summed E-state index contributed by atoms with van der Waals surface area (Å²) in [5.41, 5.74) is 8.67. The van der Waals surface area contributed by atoms with Crippen molar-refractivity contribution in [1.29, 1.82) is 0 Å². The van der Waals surface area contributed by atoms with Crippen molar-refractivity contribution in [2.75, 3.05) is 4.90 Å². The van der Waals surface area contributed by atoms with Crippen LogP contribution in [0.1, 0.15) is 54.3 Å². The van der Waals surface area contributed by atoms with Gasteiger partial charge < -0.3 is 4.42 Å². The summed E-state index contributed by atoms with van der Waals surface area (Å²) in [4.78, 5) is 2.29. The van der Waals surface area contributed by atoms with Gasteiger partial charge in [-0.15, -0.1) is 0 Å². The highest BCUT2D eigenvalue weighted by Gasteiger charge is 2.27. The smallest absolute Gasteiger partial charge is 0.211 e. The van der Waals surface area contributed by atoms with E-state index in [1.54, 1.807) is 0 Å². The van der Waals surface area contributed by atoms with Gasteiger partial charge in [0.2, 0.25) is 5.88 Å². The van der Waals surface area contributed by atoms with Crippen LogP contribution in [0.5, 0.6) is 0 Å². The molecule has 4 rings (SSSR count). The molecule has 1 aliphatic heterocycles. The van der Waals surface area contributed by atoms with Gasteiger partial charge in [-0.05, 0) is 66.6 Å². The van der Waals surface area contributed by atoms with E-state index in [9.17, 15) is 0 Å². The quantitative estimate of drug-likeness (QED) is 0.351. The van der Waals surface area contributed by atoms with E-state index in [0.29, 0.717) is 0 Å². The molecule has 0 bridgehead atoms. The number of anilines is 3. The summed E-state index contributed by atoms with van der Waals surface area (Å²) >= 11 is 0. The average molecular weight is 357 g/mol. The van der Waals surface area contributed by atoms with Crippen molar-refractivity contribution in [1.82, 2.24) is 0 Å². The Morgan fingerprint density at radius 3 is 2.11 bits per heavy atom. The average Bonchev–Trinajstić information content (AvgIpc) is 2.89. The first-order valence-corrected chi connectivity index (χ1v) is 9.55. The molecular weight excluding hydrogens is 330 g/mol. The fourth-order valence-corrected chi connectivity index (χ4v) is 3.90. The number of hydrogen-bond donors (Lipinski definition) is 0. The first-order valence-electron chi connectivity index (χ1n) is 9.55. The minimum absolute atomic E-state index is 0.124. The summed E-state index contributed by atoms with van der Waals surface area (Å²) in [5, 5.41) is 0. The summed E-state index contributed by atoms with van der Waals surface area (Å²) in [6, 6.07) is 15.3. The van der Waals surface area contributed by atoms with Crippen LogP contribution in [0.2, 0.25) is 0 Å². The van der Waals surface area contributed by atoms with E-state index in [-0.39, 0.29) is 5.41 Å². The van der Waals surface area contributed by atoms with Crippen molar-refractivity contribution in [3.05, 3.63) is 76.0 Å². The summed E-state index contributed by atoms with van der Waals surface area (Å²) in [7, 11) is 0. The maximum absolute atomic E-state index is 6.19. The van der Waals surface area contributed by atoms with Gasteiger partial charge >= 0.3 is 0 Å². The summed E-state index contributed by atoms with van der Waals surface area (Å²) < 4.78 is 6.19. The minimum atomic E-state index is 0.124. The number of furan rings is 1. The lowest BCUT2D eigenvalue weighted by atomic mass is 9.84. The van der Waals surface area contributed by atoms with Gasteiger partial charge in [0.05, 0.1) is 11.4 Å². The van der Waals surface area contributed by atoms with Gasteiger partial charge in [0.15, 0.2) is 0 Å². The second-order valence-corrected chi connectivity index (χ2v) is 8.55. The third kappa shape index (κ3) is 2.99. The molecule has 0 amide bonds. The third-order valence-corrected chi connectivity index (χ3v) is 5.27. The number of aryl methyl sites for hydroxylation is 3. The standard InChI is InChI=1S/C25H27NO/c1-16-13-21(25(4,5)6)14-17(2)23(16)26-22-10-8-7-9-19(22)11-12-20-15-18(3)27-24(20)26/h7-15H,1-6H3. The Morgan fingerprint density at radius 2 is 1.44 bits per heavy atom. The van der Waals surface area contributed by atoms with Crippen LogP contribution in [0, 0.1) is 20.8 Å². The Morgan fingerprint density at radius 1 is 0.815 bits per heavy atom. The van der Waals surface area contributed by atoms with Crippen LogP contribution in [-0.2, 0) is 5.41 Å². The number of rotatable bonds is 1. The lowest BCUT2D eigenvalue weighted by molar-refractivity contribution is 0.541. The van der Waals surface area contributed by atoms with E-state index in [4.69, 9.17) is 4.42 Å². The van der Waals surface area contributed by atoms with E-state index in [1.165, 1.54) is 27.9 Å². The van der Waals surface area contributed by atoms with Crippen molar-refractivity contribution >= 4 is 29.4 Å². The number of nitrogens with zero attached hydrogens (tertiary/aromatic N) is 1. The highest BCUT2D eigenvalue weighted by Crippen LogP contribution is 2.46. The molecule has 0 spiro atoms. The summed E-state index contributed by atoms with van der Waals surface area (Å²) in [6.45, 7) is 13.2. The molecule has 2 heteroatoms. The molecule has 0 N–H and O–H groups in total. The van der Waals surface area contributed by atoms with Gasteiger partial charge in [-0.2, -0.15) is 0 Å². The van der Waals surface area contributed by atoms with E-state index >= 15 is 0 Å². The molecule has 1 aromatic heterocycles. The Balaban J connectivity index is 2.00. The van der Waals surface area contributed by atoms with Crippen LogP contribution in [0.4, 0.5) is 17.3 Å². The van der Waals surface area contributed by atoms with Crippen LogP contribution in [-0.4, -0.2) is 0 Å². The van der Waals surface area contributed by atoms with Crippen LogP contribution in [0.25, 0.3) is 12.2 Å². The molecule has 138 valence electrons. The summed E-state index contributed by atoms with van der Waals surface area (Å²) in [5.74, 6) is 1.82. The summed E-state index contributed by atoms with van der Waals surface area (Å²) in [6.07, 6.45) is 4.33. The van der Waals surface area contributed by atoms with Gasteiger partial charge in [-0.1, -0.05) is 57.2 Å². The van der Waals surface area contributed by atoms with Crippen molar-refractivity contribution in [3.63, 3.8) is 0 Å². The molecule has 0 aliphatic carbocycles. The lowest BCUT2D eigenvalue weighted by Crippen LogP contribution is -2.16. The van der Waals surface area contributed by atoms with Crippen molar-refractivity contribution in [3.8, 4) is 0 Å². The number of hydrogen-bond acceptors (Lipinski definition) is 2. The van der Waals surface area contributed by atoms with Crippen molar-refractivity contribution in [2.24, 2.45) is 0 Å². The normalized spacial score (nSPS) is 13.3. The molecule has 0 radical (unpaired) electrons.